The van der Waals surface area contributed by atoms with Crippen LogP contribution in [0.5, 0.6) is 0 Å². The quantitative estimate of drug-likeness (QED) is 0.263. The largest absolute Gasteiger partial charge is 0.481 e. The van der Waals surface area contributed by atoms with Crippen LogP contribution in [0.3, 0.4) is 0 Å². The van der Waals surface area contributed by atoms with Crippen molar-refractivity contribution < 1.29 is 28.6 Å². The van der Waals surface area contributed by atoms with Crippen molar-refractivity contribution in [2.75, 3.05) is 5.32 Å². The molecule has 0 amide bonds. The molecule has 3 fully saturated rings. The Kier molecular flexibility index (Phi) is 6.04. The highest BCUT2D eigenvalue weighted by Gasteiger charge is 2.47. The van der Waals surface area contributed by atoms with Gasteiger partial charge in [-0.1, -0.05) is 0 Å². The van der Waals surface area contributed by atoms with Crippen molar-refractivity contribution in [2.45, 2.75) is 51.1 Å². The minimum absolute atomic E-state index is 0.0111. The van der Waals surface area contributed by atoms with Crippen LogP contribution in [0, 0.1) is 29.4 Å². The molecule has 0 saturated heterocycles. The van der Waals surface area contributed by atoms with E-state index in [1.54, 1.807) is 0 Å². The zero-order valence-corrected chi connectivity index (χ0v) is 21.7. The zero-order chi connectivity index (χ0) is 28.3. The number of aromatic amines is 1. The average Bonchev–Trinajstić information content (AvgIpc) is 3.58. The van der Waals surface area contributed by atoms with Crippen molar-refractivity contribution in [3.63, 3.8) is 0 Å². The molecule has 4 N–H and O–H groups in total. The number of carbonyl (C=O) groups is 2. The van der Waals surface area contributed by atoms with Gasteiger partial charge in [0.25, 0.3) is 0 Å². The number of hydrogen-bond acceptors (Lipinski definition) is 7. The van der Waals surface area contributed by atoms with Crippen LogP contribution in [0.1, 0.15) is 39.5 Å². The summed E-state index contributed by atoms with van der Waals surface area (Å²) < 4.78 is 31.5. The number of hydrogen-bond donors (Lipinski definition) is 4. The highest BCUT2D eigenvalue weighted by atomic mass is 19.1. The van der Waals surface area contributed by atoms with E-state index in [0.29, 0.717) is 16.6 Å². The molecule has 0 radical (unpaired) electrons. The Bertz CT molecular complexity index is 1640. The minimum atomic E-state index is -1.41. The van der Waals surface area contributed by atoms with Gasteiger partial charge in [-0.05, 0) is 57.4 Å². The molecule has 3 aliphatic rings. The molecule has 2 bridgehead atoms. The molecular weight excluding hydrogens is 524 g/mol. The normalized spacial score (nSPS) is 22.5. The number of anilines is 1. The molecule has 13 heteroatoms. The standard InChI is InChI=1S/C27H27F2N7O4/c1-27(2,26(39)40)36-11-14(8-32-36)21-19(29)24(33-20-13-5-3-12(4-6-13)18(20)25(37)38)35-23(34-21)17-10-31-22-16(17)7-15(28)9-30-22/h7-13,18,20H,3-6H2,1-2H3,(H,30,31)(H,37,38)(H,39,40)(H,33,34,35). The third kappa shape index (κ3) is 4.16. The number of halogens is 2. The molecular formula is C27H27F2N7O4. The Morgan fingerprint density at radius 3 is 2.52 bits per heavy atom. The molecule has 0 aliphatic heterocycles. The van der Waals surface area contributed by atoms with Gasteiger partial charge in [-0.25, -0.2) is 28.5 Å². The van der Waals surface area contributed by atoms with Gasteiger partial charge in [-0.2, -0.15) is 5.10 Å². The van der Waals surface area contributed by atoms with Crippen LogP contribution in [0.4, 0.5) is 14.6 Å². The molecule has 4 aromatic rings. The van der Waals surface area contributed by atoms with Crippen LogP contribution in [0.25, 0.3) is 33.7 Å². The molecule has 208 valence electrons. The molecule has 3 aliphatic carbocycles. The maximum Gasteiger partial charge on any atom is 0.331 e. The summed E-state index contributed by atoms with van der Waals surface area (Å²) in [5.41, 5.74) is -0.632. The van der Waals surface area contributed by atoms with Crippen LogP contribution in [0.15, 0.2) is 30.9 Å². The average molecular weight is 552 g/mol. The van der Waals surface area contributed by atoms with Crippen molar-refractivity contribution in [3.8, 4) is 22.6 Å². The number of nitrogens with zero attached hydrogens (tertiary/aromatic N) is 5. The highest BCUT2D eigenvalue weighted by molar-refractivity contribution is 5.92. The second-order valence-electron chi connectivity index (χ2n) is 11.1. The molecule has 4 aromatic heterocycles. The first-order valence-electron chi connectivity index (χ1n) is 13.0. The van der Waals surface area contributed by atoms with Gasteiger partial charge in [0, 0.05) is 34.9 Å². The van der Waals surface area contributed by atoms with Gasteiger partial charge in [0.2, 0.25) is 0 Å². The molecule has 4 heterocycles. The van der Waals surface area contributed by atoms with Crippen molar-refractivity contribution in [3.05, 3.63) is 42.5 Å². The van der Waals surface area contributed by atoms with Crippen molar-refractivity contribution in [1.82, 2.24) is 29.7 Å². The summed E-state index contributed by atoms with van der Waals surface area (Å²) in [6.45, 7) is 2.91. The predicted molar refractivity (Wildman–Crippen MR) is 139 cm³/mol. The summed E-state index contributed by atoms with van der Waals surface area (Å²) in [7, 11) is 0. The molecule has 40 heavy (non-hydrogen) atoms. The molecule has 0 spiro atoms. The SMILES string of the molecule is CC(C)(C(=O)O)n1cc(-c2nc(-c3c[nH]c4ncc(F)cc34)nc(NC3C4CCC(CC4)C3C(=O)O)c2F)cn1. The molecule has 7 rings (SSSR count). The van der Waals surface area contributed by atoms with Gasteiger partial charge >= 0.3 is 11.9 Å². The third-order valence-electron chi connectivity index (χ3n) is 8.35. The lowest BCUT2D eigenvalue weighted by Crippen LogP contribution is -2.51. The summed E-state index contributed by atoms with van der Waals surface area (Å²) in [5, 5.41) is 27.3. The van der Waals surface area contributed by atoms with Crippen molar-refractivity contribution in [1.29, 1.82) is 0 Å². The first-order valence-corrected chi connectivity index (χ1v) is 13.0. The number of carboxylic acid groups (broad SMARTS) is 2. The van der Waals surface area contributed by atoms with Crippen LogP contribution in [0.2, 0.25) is 0 Å². The van der Waals surface area contributed by atoms with Gasteiger partial charge in [-0.3, -0.25) is 9.48 Å². The van der Waals surface area contributed by atoms with Gasteiger partial charge < -0.3 is 20.5 Å². The smallest absolute Gasteiger partial charge is 0.331 e. The third-order valence-corrected chi connectivity index (χ3v) is 8.35. The number of rotatable bonds is 7. The minimum Gasteiger partial charge on any atom is -0.481 e. The van der Waals surface area contributed by atoms with E-state index < -0.39 is 41.1 Å². The Hall–Kier alpha value is -4.42. The van der Waals surface area contributed by atoms with Gasteiger partial charge in [0.15, 0.2) is 23.0 Å². The lowest BCUT2D eigenvalue weighted by molar-refractivity contribution is -0.148. The van der Waals surface area contributed by atoms with E-state index in [0.717, 1.165) is 31.9 Å². The van der Waals surface area contributed by atoms with E-state index in [-0.39, 0.29) is 34.7 Å². The summed E-state index contributed by atoms with van der Waals surface area (Å²) in [6, 6.07) is 0.729. The Balaban J connectivity index is 1.50. The molecule has 3 saturated carbocycles. The maximum absolute atomic E-state index is 16.2. The molecule has 0 aromatic carbocycles. The molecule has 2 atom stereocenters. The highest BCUT2D eigenvalue weighted by Crippen LogP contribution is 2.46. The number of nitrogens with one attached hydrogen (secondary N) is 2. The monoisotopic (exact) mass is 551 g/mol. The molecule has 2 unspecified atom stereocenters. The lowest BCUT2D eigenvalue weighted by atomic mass is 9.61. The van der Waals surface area contributed by atoms with E-state index in [1.807, 2.05) is 0 Å². The summed E-state index contributed by atoms with van der Waals surface area (Å²) in [5.74, 6) is -4.27. The fraction of sp³-hybridized carbons (Fsp3) is 0.407. The summed E-state index contributed by atoms with van der Waals surface area (Å²) in [4.78, 5) is 39.9. The fourth-order valence-electron chi connectivity index (χ4n) is 6.04. The van der Waals surface area contributed by atoms with Crippen LogP contribution >= 0.6 is 0 Å². The number of fused-ring (bicyclic) bond motifs is 4. The molecule has 11 nitrogen and oxygen atoms in total. The fourth-order valence-corrected chi connectivity index (χ4v) is 6.04. The first-order chi connectivity index (χ1) is 19.0. The Morgan fingerprint density at radius 1 is 1.10 bits per heavy atom. The van der Waals surface area contributed by atoms with Gasteiger partial charge in [0.1, 0.15) is 17.2 Å². The van der Waals surface area contributed by atoms with E-state index >= 15 is 4.39 Å². The second kappa shape index (κ2) is 9.35. The number of carboxylic acids is 2. The number of pyridine rings is 1. The Labute approximate surface area is 226 Å². The second-order valence-corrected chi connectivity index (χ2v) is 11.1. The van der Waals surface area contributed by atoms with Gasteiger partial charge in [-0.15, -0.1) is 0 Å². The predicted octanol–water partition coefficient (Wildman–Crippen LogP) is 4.28. The van der Waals surface area contributed by atoms with Crippen LogP contribution < -0.4 is 5.32 Å². The first kappa shape index (κ1) is 25.8. The van der Waals surface area contributed by atoms with E-state index in [4.69, 9.17) is 0 Å². The Morgan fingerprint density at radius 2 is 1.82 bits per heavy atom. The van der Waals surface area contributed by atoms with Crippen LogP contribution in [-0.2, 0) is 15.1 Å². The van der Waals surface area contributed by atoms with E-state index in [1.165, 1.54) is 43.2 Å². The van der Waals surface area contributed by atoms with Gasteiger partial charge in [0.05, 0.1) is 18.3 Å². The summed E-state index contributed by atoms with van der Waals surface area (Å²) >= 11 is 0. The van der Waals surface area contributed by atoms with Crippen LogP contribution in [-0.4, -0.2) is 57.9 Å². The topological polar surface area (TPSA) is 159 Å². The maximum atomic E-state index is 16.2. The lowest BCUT2D eigenvalue weighted by Gasteiger charge is -2.47. The summed E-state index contributed by atoms with van der Waals surface area (Å²) in [6.07, 6.45) is 8.59. The number of aromatic nitrogens is 6. The van der Waals surface area contributed by atoms with E-state index in [9.17, 15) is 24.2 Å². The number of aliphatic carboxylic acids is 2. The van der Waals surface area contributed by atoms with Crippen molar-refractivity contribution >= 4 is 28.8 Å². The number of H-pyrrole nitrogens is 1. The van der Waals surface area contributed by atoms with Crippen molar-refractivity contribution in [2.24, 2.45) is 17.8 Å². The zero-order valence-electron chi connectivity index (χ0n) is 21.7. The van der Waals surface area contributed by atoms with E-state index in [2.05, 4.69) is 30.4 Å².